The molecule has 1 N–H and O–H groups in total. The van der Waals surface area contributed by atoms with Crippen molar-refractivity contribution in [3.63, 3.8) is 0 Å². The molecule has 1 unspecified atom stereocenters. The van der Waals surface area contributed by atoms with Crippen molar-refractivity contribution in [2.45, 2.75) is 95.8 Å². The van der Waals surface area contributed by atoms with Gasteiger partial charge in [0, 0.05) is 6.10 Å². The molecule has 4 nitrogen and oxygen atoms in total. The normalized spacial score (nSPS) is 33.5. The summed E-state index contributed by atoms with van der Waals surface area (Å²) in [4.78, 5) is 17.1. The Kier molecular flexibility index (Phi) is 5.63. The molecule has 0 aromatic carbocycles. The van der Waals surface area contributed by atoms with E-state index in [4.69, 9.17) is 9.42 Å². The van der Waals surface area contributed by atoms with Gasteiger partial charge in [-0.05, 0) is 50.2 Å². The van der Waals surface area contributed by atoms with Crippen molar-refractivity contribution in [2.24, 2.45) is 10.9 Å². The van der Waals surface area contributed by atoms with Crippen LogP contribution in [0.5, 0.6) is 0 Å². The number of amides is 1. The van der Waals surface area contributed by atoms with E-state index in [2.05, 4.69) is 53.0 Å². The van der Waals surface area contributed by atoms with Crippen LogP contribution < -0.4 is 5.32 Å². The average molecular weight is 371 g/mol. The minimum absolute atomic E-state index is 0.0910. The van der Waals surface area contributed by atoms with E-state index in [1.165, 1.54) is 0 Å². The van der Waals surface area contributed by atoms with Crippen LogP contribution in [-0.2, 0) is 9.22 Å². The molecule has 3 atom stereocenters. The van der Waals surface area contributed by atoms with Crippen LogP contribution in [0.1, 0.15) is 60.8 Å². The van der Waals surface area contributed by atoms with Gasteiger partial charge >= 0.3 is 0 Å². The largest absolute Gasteiger partial charge is 0.414 e. The van der Waals surface area contributed by atoms with Gasteiger partial charge in [0.2, 0.25) is 5.91 Å². The lowest BCUT2D eigenvalue weighted by Gasteiger charge is -2.38. The van der Waals surface area contributed by atoms with Crippen LogP contribution in [0, 0.1) is 5.92 Å². The maximum atomic E-state index is 12.3. The Morgan fingerprint density at radius 1 is 1.33 bits per heavy atom. The van der Waals surface area contributed by atoms with Crippen LogP contribution in [0.25, 0.3) is 0 Å². The van der Waals surface area contributed by atoms with Crippen molar-refractivity contribution in [2.75, 3.05) is 0 Å². The predicted octanol–water partition coefficient (Wildman–Crippen LogP) is 4.56. The quantitative estimate of drug-likeness (QED) is 0.738. The fourth-order valence-electron chi connectivity index (χ4n) is 2.83. The van der Waals surface area contributed by atoms with E-state index in [0.29, 0.717) is 6.10 Å². The van der Waals surface area contributed by atoms with E-state index in [1.54, 1.807) is 11.8 Å². The highest BCUT2D eigenvalue weighted by atomic mass is 32.2. The summed E-state index contributed by atoms with van der Waals surface area (Å²) in [6, 6.07) is 0.275. The van der Waals surface area contributed by atoms with Gasteiger partial charge in [0.15, 0.2) is 13.5 Å². The lowest BCUT2D eigenvalue weighted by atomic mass is 9.96. The number of rotatable bonds is 4. The number of aliphatic imine (C=N–C) groups is 1. The molecule has 2 aliphatic rings. The van der Waals surface area contributed by atoms with Crippen LogP contribution >= 0.6 is 11.8 Å². The average Bonchev–Trinajstić information content (AvgIpc) is 2.94. The van der Waals surface area contributed by atoms with Crippen molar-refractivity contribution >= 4 is 31.2 Å². The molecule has 1 saturated carbocycles. The van der Waals surface area contributed by atoms with E-state index >= 15 is 0 Å². The second-order valence-electron chi connectivity index (χ2n) is 9.22. The highest BCUT2D eigenvalue weighted by molar-refractivity contribution is 8.16. The molecule has 6 heteroatoms. The fraction of sp³-hybridized carbons (Fsp3) is 0.889. The van der Waals surface area contributed by atoms with Gasteiger partial charge in [0.25, 0.3) is 0 Å². The van der Waals surface area contributed by atoms with Gasteiger partial charge in [0.05, 0.1) is 6.04 Å². The molecule has 0 spiro atoms. The smallest absolute Gasteiger partial charge is 0.242 e. The summed E-state index contributed by atoms with van der Waals surface area (Å²) < 4.78 is 6.14. The maximum Gasteiger partial charge on any atom is 0.242 e. The number of hydrogen-bond acceptors (Lipinski definition) is 4. The standard InChI is InChI=1S/C18H34N2O2SSi/c1-12(2)18(6)15(21)20-16(23-18)19-13-9-10-14(11-13)22-24(7,8)17(3,4)5/h12-14H,9-11H2,1-8H3,(H,19,20,21)/t13-,14-,18?/m0/s1. The predicted molar refractivity (Wildman–Crippen MR) is 106 cm³/mol. The number of carbonyl (C=O) groups is 1. The van der Waals surface area contributed by atoms with Crippen molar-refractivity contribution < 1.29 is 9.22 Å². The van der Waals surface area contributed by atoms with Gasteiger partial charge in [0.1, 0.15) is 4.75 Å². The van der Waals surface area contributed by atoms with Crippen LogP contribution in [0.2, 0.25) is 18.1 Å². The molecule has 1 amide bonds. The molecule has 2 rings (SSSR count). The van der Waals surface area contributed by atoms with Crippen LogP contribution in [0.15, 0.2) is 4.99 Å². The van der Waals surface area contributed by atoms with Gasteiger partial charge in [-0.2, -0.15) is 0 Å². The molecule has 0 aromatic rings. The summed E-state index contributed by atoms with van der Waals surface area (Å²) in [5.41, 5.74) is 0. The molecule has 1 aliphatic heterocycles. The molecular weight excluding hydrogens is 336 g/mol. The monoisotopic (exact) mass is 370 g/mol. The lowest BCUT2D eigenvalue weighted by Crippen LogP contribution is -2.43. The summed E-state index contributed by atoms with van der Waals surface area (Å²) in [6.45, 7) is 17.7. The van der Waals surface area contributed by atoms with Crippen molar-refractivity contribution in [1.82, 2.24) is 5.32 Å². The second kappa shape index (κ2) is 6.76. The Bertz CT molecular complexity index is 528. The minimum atomic E-state index is -1.72. The Balaban J connectivity index is 1.97. The molecule has 138 valence electrons. The number of nitrogens with zero attached hydrogens (tertiary/aromatic N) is 1. The summed E-state index contributed by atoms with van der Waals surface area (Å²) in [5, 5.41) is 4.02. The van der Waals surface area contributed by atoms with Crippen LogP contribution in [0.4, 0.5) is 0 Å². The summed E-state index contributed by atoms with van der Waals surface area (Å²) in [5.74, 6) is 0.377. The highest BCUT2D eigenvalue weighted by Gasteiger charge is 2.45. The highest BCUT2D eigenvalue weighted by Crippen LogP contribution is 2.41. The molecule has 0 aromatic heterocycles. The Morgan fingerprint density at radius 2 is 1.96 bits per heavy atom. The molecule has 0 bridgehead atoms. The first-order valence-corrected chi connectivity index (χ1v) is 12.8. The summed E-state index contributed by atoms with van der Waals surface area (Å²) >= 11 is 1.59. The zero-order valence-electron chi connectivity index (χ0n) is 16.5. The van der Waals surface area contributed by atoms with Gasteiger partial charge in [-0.1, -0.05) is 46.4 Å². The number of thioether (sulfide) groups is 1. The van der Waals surface area contributed by atoms with Crippen molar-refractivity contribution in [3.05, 3.63) is 0 Å². The van der Waals surface area contributed by atoms with E-state index < -0.39 is 13.1 Å². The SMILES string of the molecule is CC(C)C1(C)SC(=N[C@H]2CC[C@H](O[Si](C)(C)C(C)(C)C)C2)NC1=O. The first-order chi connectivity index (χ1) is 10.8. The van der Waals surface area contributed by atoms with Crippen LogP contribution in [-0.4, -0.2) is 36.3 Å². The minimum Gasteiger partial charge on any atom is -0.414 e. The number of carbonyl (C=O) groups excluding carboxylic acids is 1. The van der Waals surface area contributed by atoms with Gasteiger partial charge in [-0.15, -0.1) is 0 Å². The Labute approximate surface area is 152 Å². The van der Waals surface area contributed by atoms with E-state index in [-0.39, 0.29) is 22.9 Å². The number of nitrogens with one attached hydrogen (secondary N) is 1. The fourth-order valence-corrected chi connectivity index (χ4v) is 5.36. The van der Waals surface area contributed by atoms with Gasteiger partial charge < -0.3 is 9.74 Å². The third-order valence-electron chi connectivity index (χ3n) is 6.01. The van der Waals surface area contributed by atoms with E-state index in [1.807, 2.05) is 6.92 Å². The first-order valence-electron chi connectivity index (χ1n) is 9.11. The van der Waals surface area contributed by atoms with Gasteiger partial charge in [-0.3, -0.25) is 9.79 Å². The molecule has 0 radical (unpaired) electrons. The summed E-state index contributed by atoms with van der Waals surface area (Å²) in [7, 11) is -1.72. The Morgan fingerprint density at radius 3 is 2.46 bits per heavy atom. The van der Waals surface area contributed by atoms with Crippen molar-refractivity contribution in [1.29, 1.82) is 0 Å². The molecule has 1 aliphatic carbocycles. The van der Waals surface area contributed by atoms with E-state index in [0.717, 1.165) is 24.4 Å². The summed E-state index contributed by atoms with van der Waals surface area (Å²) in [6.07, 6.45) is 3.43. The second-order valence-corrected chi connectivity index (χ2v) is 15.4. The number of amidine groups is 1. The molecule has 1 heterocycles. The maximum absolute atomic E-state index is 12.3. The third-order valence-corrected chi connectivity index (χ3v) is 12.0. The van der Waals surface area contributed by atoms with E-state index in [9.17, 15) is 4.79 Å². The zero-order chi connectivity index (χ0) is 18.3. The zero-order valence-corrected chi connectivity index (χ0v) is 18.3. The van der Waals surface area contributed by atoms with Crippen molar-refractivity contribution in [3.8, 4) is 0 Å². The molecule has 2 fully saturated rings. The lowest BCUT2D eigenvalue weighted by molar-refractivity contribution is -0.122. The molecular formula is C18H34N2O2SSi. The van der Waals surface area contributed by atoms with Gasteiger partial charge in [-0.25, -0.2) is 0 Å². The Hall–Kier alpha value is -0.333. The van der Waals surface area contributed by atoms with Crippen LogP contribution in [0.3, 0.4) is 0 Å². The topological polar surface area (TPSA) is 50.7 Å². The molecule has 24 heavy (non-hydrogen) atoms. The third kappa shape index (κ3) is 4.07. The first kappa shape index (κ1) is 20.0. The molecule has 1 saturated heterocycles. The number of hydrogen-bond donors (Lipinski definition) is 1.